The fraction of sp³-hybridized carbons (Fsp3) is 0.179. The van der Waals surface area contributed by atoms with Crippen LogP contribution < -0.4 is 4.74 Å². The Morgan fingerprint density at radius 2 is 1.64 bits per heavy atom. The molecule has 0 saturated heterocycles. The zero-order valence-electron chi connectivity index (χ0n) is 19.4. The van der Waals surface area contributed by atoms with Gasteiger partial charge in [-0.25, -0.2) is 4.98 Å². The largest absolute Gasteiger partial charge is 0.494 e. The Hall–Kier alpha value is -4.01. The fourth-order valence-corrected chi connectivity index (χ4v) is 3.56. The molecular formula is C28H28N2O3. The van der Waals surface area contributed by atoms with Crippen LogP contribution in [0.4, 0.5) is 0 Å². The van der Waals surface area contributed by atoms with Gasteiger partial charge in [0.2, 0.25) is 0 Å². The molecule has 5 heteroatoms. The lowest BCUT2D eigenvalue weighted by atomic mass is 9.96. The third-order valence-electron chi connectivity index (χ3n) is 5.03. The second-order valence-electron chi connectivity index (χ2n) is 7.04. The minimum Gasteiger partial charge on any atom is -0.494 e. The maximum Gasteiger partial charge on any atom is 0.164 e. The minimum absolute atomic E-state index is 0.102. The van der Waals surface area contributed by atoms with E-state index in [-0.39, 0.29) is 5.78 Å². The maximum atomic E-state index is 12.5. The van der Waals surface area contributed by atoms with Crippen LogP contribution in [-0.4, -0.2) is 30.1 Å². The number of allylic oxidation sites excluding steroid dienone is 1. The average Bonchev–Trinajstić information content (AvgIpc) is 2.85. The smallest absolute Gasteiger partial charge is 0.164 e. The molecule has 0 fully saturated rings. The van der Waals surface area contributed by atoms with E-state index in [2.05, 4.69) is 12.6 Å². The van der Waals surface area contributed by atoms with E-state index in [1.165, 1.54) is 6.92 Å². The third kappa shape index (κ3) is 5.62. The fourth-order valence-electron chi connectivity index (χ4n) is 3.56. The van der Waals surface area contributed by atoms with Crippen LogP contribution in [0.1, 0.15) is 41.0 Å². The van der Waals surface area contributed by atoms with Gasteiger partial charge in [0.25, 0.3) is 0 Å². The van der Waals surface area contributed by atoms with E-state index >= 15 is 0 Å². The highest BCUT2D eigenvalue weighted by atomic mass is 16.5. The molecule has 0 saturated carbocycles. The molecule has 0 amide bonds. The predicted octanol–water partition coefficient (Wildman–Crippen LogP) is 5.98. The van der Waals surface area contributed by atoms with Crippen molar-refractivity contribution < 1.29 is 14.6 Å². The Bertz CT molecular complexity index is 1190. The van der Waals surface area contributed by atoms with Crippen molar-refractivity contribution in [3.63, 3.8) is 0 Å². The first kappa shape index (κ1) is 25.3. The van der Waals surface area contributed by atoms with Gasteiger partial charge in [0, 0.05) is 18.2 Å². The zero-order chi connectivity index (χ0) is 24.4. The number of hydrogen-bond acceptors (Lipinski definition) is 5. The van der Waals surface area contributed by atoms with E-state index < -0.39 is 0 Å². The van der Waals surface area contributed by atoms with Crippen LogP contribution >= 0.6 is 0 Å². The van der Waals surface area contributed by atoms with Gasteiger partial charge in [-0.1, -0.05) is 67.3 Å². The molecule has 0 unspecified atom stereocenters. The number of Topliss-reactive ketones (excluding diaryl/α,β-unsaturated/α-hetero) is 1. The lowest BCUT2D eigenvalue weighted by Crippen LogP contribution is -2.07. The van der Waals surface area contributed by atoms with E-state index in [0.717, 1.165) is 29.4 Å². The summed E-state index contributed by atoms with van der Waals surface area (Å²) in [6.07, 6.45) is 5.79. The number of nitriles is 1. The van der Waals surface area contributed by atoms with E-state index in [4.69, 9.17) is 20.1 Å². The number of methoxy groups -OCH3 is 1. The van der Waals surface area contributed by atoms with Crippen molar-refractivity contribution in [1.29, 1.82) is 5.26 Å². The first-order valence-electron chi connectivity index (χ1n) is 10.4. The number of hydrogen-bond donors (Lipinski definition) is 1. The highest BCUT2D eigenvalue weighted by Gasteiger charge is 2.22. The Morgan fingerprint density at radius 3 is 2.09 bits per heavy atom. The van der Waals surface area contributed by atoms with Gasteiger partial charge in [-0.05, 0) is 36.6 Å². The van der Waals surface area contributed by atoms with Crippen LogP contribution in [0.15, 0.2) is 61.2 Å². The van der Waals surface area contributed by atoms with E-state index in [1.807, 2.05) is 67.6 Å². The molecule has 5 nitrogen and oxygen atoms in total. The molecular weight excluding hydrogens is 412 g/mol. The van der Waals surface area contributed by atoms with Crippen LogP contribution in [0.2, 0.25) is 0 Å². The van der Waals surface area contributed by atoms with Gasteiger partial charge in [0.15, 0.2) is 11.5 Å². The average molecular weight is 441 g/mol. The number of aliphatic hydroxyl groups excluding tert-OH is 1. The normalized spacial score (nSPS) is 10.2. The molecule has 0 radical (unpaired) electrons. The Labute approximate surface area is 195 Å². The monoisotopic (exact) mass is 440 g/mol. The summed E-state index contributed by atoms with van der Waals surface area (Å²) in [6, 6.07) is 18.1. The summed E-state index contributed by atoms with van der Waals surface area (Å²) < 4.78 is 5.64. The Balaban J connectivity index is 0.00000187. The van der Waals surface area contributed by atoms with Crippen LogP contribution in [0.5, 0.6) is 5.75 Å². The van der Waals surface area contributed by atoms with Crippen LogP contribution in [-0.2, 0) is 6.42 Å². The van der Waals surface area contributed by atoms with E-state index in [0.29, 0.717) is 34.7 Å². The van der Waals surface area contributed by atoms with Crippen molar-refractivity contribution in [2.45, 2.75) is 20.3 Å². The van der Waals surface area contributed by atoms with Gasteiger partial charge in [-0.15, -0.1) is 0 Å². The van der Waals surface area contributed by atoms with Gasteiger partial charge in [-0.2, -0.15) is 5.26 Å². The molecule has 3 aromatic rings. The summed E-state index contributed by atoms with van der Waals surface area (Å²) in [7, 11) is 2.55. The molecule has 0 aliphatic rings. The highest BCUT2D eigenvalue weighted by molar-refractivity contribution is 6.03. The molecule has 1 N–H and O–H groups in total. The molecule has 3 rings (SSSR count). The number of rotatable bonds is 7. The quantitative estimate of drug-likeness (QED) is 0.457. The molecule has 1 aromatic heterocycles. The molecule has 0 aliphatic heterocycles. The van der Waals surface area contributed by atoms with Gasteiger partial charge in [0.05, 0.1) is 30.9 Å². The molecule has 1 heterocycles. The number of aliphatic hydroxyl groups is 1. The first-order valence-corrected chi connectivity index (χ1v) is 10.4. The van der Waals surface area contributed by atoms with Crippen LogP contribution in [0.25, 0.3) is 34.5 Å². The predicted molar refractivity (Wildman–Crippen MR) is 134 cm³/mol. The van der Waals surface area contributed by atoms with Gasteiger partial charge >= 0.3 is 0 Å². The van der Waals surface area contributed by atoms with Crippen molar-refractivity contribution >= 4 is 17.9 Å². The first-order chi connectivity index (χ1) is 16.0. The summed E-state index contributed by atoms with van der Waals surface area (Å²) in [5.41, 5.74) is 6.40. The molecule has 33 heavy (non-hydrogen) atoms. The topological polar surface area (TPSA) is 83.2 Å². The summed E-state index contributed by atoms with van der Waals surface area (Å²) in [5, 5.41) is 15.8. The van der Waals surface area contributed by atoms with Gasteiger partial charge in [0.1, 0.15) is 5.69 Å². The Morgan fingerprint density at radius 1 is 1.09 bits per heavy atom. The molecule has 0 atom stereocenters. The van der Waals surface area contributed by atoms with E-state index in [1.54, 1.807) is 13.2 Å². The molecule has 0 bridgehead atoms. The van der Waals surface area contributed by atoms with Gasteiger partial charge in [-0.3, -0.25) is 4.79 Å². The van der Waals surface area contributed by atoms with Crippen molar-refractivity contribution in [1.82, 2.24) is 4.98 Å². The standard InChI is InChI=1S/C27H24N2O2.CH4O/c1-5-7-24-23(6-2)25(18(3)30)27(31-4)26(29-24)22-14-12-21(13-15-22)20-10-8-19(9-11-20)16-17-28;1-2/h5-15H,2,16H2,1,3-4H3;2H,1H3/b7-5-;. The summed E-state index contributed by atoms with van der Waals surface area (Å²) in [6.45, 7) is 7.28. The second-order valence-corrected chi connectivity index (χ2v) is 7.04. The molecule has 2 aromatic carbocycles. The molecule has 0 spiro atoms. The summed E-state index contributed by atoms with van der Waals surface area (Å²) >= 11 is 0. The number of ketones is 1. The number of pyridine rings is 1. The summed E-state index contributed by atoms with van der Waals surface area (Å²) in [5.74, 6) is 0.347. The SMILES string of the molecule is C=Cc1c(/C=C\C)nc(-c2ccc(-c3ccc(CC#N)cc3)cc2)c(OC)c1C(C)=O.CO. The van der Waals surface area contributed by atoms with Crippen molar-refractivity contribution in [3.05, 3.63) is 83.6 Å². The molecule has 0 aliphatic carbocycles. The highest BCUT2D eigenvalue weighted by Crippen LogP contribution is 2.37. The maximum absolute atomic E-state index is 12.5. The second kappa shape index (κ2) is 12.1. The zero-order valence-corrected chi connectivity index (χ0v) is 19.4. The number of carbonyl (C=O) groups excluding carboxylic acids is 1. The van der Waals surface area contributed by atoms with Crippen LogP contribution in [0, 0.1) is 11.3 Å². The van der Waals surface area contributed by atoms with Crippen LogP contribution in [0.3, 0.4) is 0 Å². The minimum atomic E-state index is -0.102. The number of carbonyl (C=O) groups is 1. The van der Waals surface area contributed by atoms with Gasteiger partial charge < -0.3 is 9.84 Å². The lowest BCUT2D eigenvalue weighted by Gasteiger charge is -2.17. The van der Waals surface area contributed by atoms with Crippen molar-refractivity contribution in [2.24, 2.45) is 0 Å². The number of nitrogens with zero attached hydrogens (tertiary/aromatic N) is 2. The Kier molecular flexibility index (Phi) is 9.29. The molecule has 168 valence electrons. The lowest BCUT2D eigenvalue weighted by molar-refractivity contribution is 0.101. The van der Waals surface area contributed by atoms with E-state index in [9.17, 15) is 4.79 Å². The van der Waals surface area contributed by atoms with Crippen molar-refractivity contribution in [3.8, 4) is 34.2 Å². The third-order valence-corrected chi connectivity index (χ3v) is 5.03. The number of ether oxygens (including phenoxy) is 1. The number of benzene rings is 2. The van der Waals surface area contributed by atoms with Crippen molar-refractivity contribution in [2.75, 3.05) is 14.2 Å². The summed E-state index contributed by atoms with van der Waals surface area (Å²) in [4.78, 5) is 17.2. The number of aromatic nitrogens is 1.